The summed E-state index contributed by atoms with van der Waals surface area (Å²) in [4.78, 5) is 24.3. The molecule has 1 aromatic rings. The van der Waals surface area contributed by atoms with Gasteiger partial charge in [-0.15, -0.1) is 0 Å². The lowest BCUT2D eigenvalue weighted by atomic mass is 10.0. The topological polar surface area (TPSA) is 75.5 Å². The third-order valence-electron chi connectivity index (χ3n) is 3.31. The van der Waals surface area contributed by atoms with Crippen LogP contribution in [0.3, 0.4) is 0 Å². The molecule has 7 heteroatoms. The number of nitro groups is 1. The number of nitrogens with one attached hydrogen (secondary N) is 1. The van der Waals surface area contributed by atoms with Gasteiger partial charge in [0.15, 0.2) is 0 Å². The summed E-state index contributed by atoms with van der Waals surface area (Å²) in [6.07, 6.45) is 0. The number of carbonyl (C=O) groups is 1. The van der Waals surface area contributed by atoms with Crippen LogP contribution in [0.5, 0.6) is 0 Å². The van der Waals surface area contributed by atoms with Gasteiger partial charge in [0.25, 0.3) is 11.6 Å². The minimum Gasteiger partial charge on any atom is -0.350 e. The lowest BCUT2D eigenvalue weighted by molar-refractivity contribution is -0.384. The van der Waals surface area contributed by atoms with Gasteiger partial charge in [-0.25, -0.2) is 0 Å². The van der Waals surface area contributed by atoms with E-state index in [-0.39, 0.29) is 28.2 Å². The van der Waals surface area contributed by atoms with Crippen molar-refractivity contribution in [2.45, 2.75) is 19.9 Å². The molecule has 1 N–H and O–H groups in total. The van der Waals surface area contributed by atoms with Crippen LogP contribution in [0, 0.1) is 16.0 Å². The summed E-state index contributed by atoms with van der Waals surface area (Å²) >= 11 is 5.73. The van der Waals surface area contributed by atoms with Crippen molar-refractivity contribution in [2.24, 2.45) is 5.92 Å². The quantitative estimate of drug-likeness (QED) is 0.647. The van der Waals surface area contributed by atoms with Crippen molar-refractivity contribution in [3.63, 3.8) is 0 Å². The smallest absolute Gasteiger partial charge is 0.288 e. The molecule has 6 nitrogen and oxygen atoms in total. The lowest BCUT2D eigenvalue weighted by Crippen LogP contribution is -2.43. The molecule has 0 aliphatic carbocycles. The van der Waals surface area contributed by atoms with E-state index in [2.05, 4.69) is 19.2 Å². The molecule has 0 heterocycles. The second kappa shape index (κ2) is 7.38. The molecule has 1 aromatic carbocycles. The maximum absolute atomic E-state index is 12.1. The fourth-order valence-corrected chi connectivity index (χ4v) is 2.29. The van der Waals surface area contributed by atoms with Crippen molar-refractivity contribution in [3.8, 4) is 0 Å². The fraction of sp³-hybridized carbons (Fsp3) is 0.500. The summed E-state index contributed by atoms with van der Waals surface area (Å²) in [7, 11) is 3.90. The monoisotopic (exact) mass is 313 g/mol. The van der Waals surface area contributed by atoms with Gasteiger partial charge >= 0.3 is 0 Å². The normalized spacial score (nSPS) is 12.5. The van der Waals surface area contributed by atoms with Crippen molar-refractivity contribution >= 4 is 23.2 Å². The standard InChI is InChI=1S/C14H20ClN3O3/c1-9(2)13(17(3)4)8-16-14(19)10-5-6-11(15)12(7-10)18(20)21/h5-7,9,13H,8H2,1-4H3,(H,16,19). The highest BCUT2D eigenvalue weighted by Crippen LogP contribution is 2.25. The van der Waals surface area contributed by atoms with Gasteiger partial charge in [0.2, 0.25) is 0 Å². The Morgan fingerprint density at radius 2 is 2.05 bits per heavy atom. The van der Waals surface area contributed by atoms with E-state index in [1.807, 2.05) is 19.0 Å². The number of nitro benzene ring substituents is 1. The maximum Gasteiger partial charge on any atom is 0.288 e. The molecule has 0 fully saturated rings. The van der Waals surface area contributed by atoms with E-state index in [0.717, 1.165) is 0 Å². The molecule has 1 rings (SSSR count). The molecule has 0 saturated heterocycles. The first kappa shape index (κ1) is 17.4. The van der Waals surface area contributed by atoms with Gasteiger partial charge < -0.3 is 10.2 Å². The number of amides is 1. The Labute approximate surface area is 129 Å². The molecule has 1 unspecified atom stereocenters. The first-order valence-corrected chi connectivity index (χ1v) is 7.00. The van der Waals surface area contributed by atoms with Crippen LogP contribution in [0.15, 0.2) is 18.2 Å². The Balaban J connectivity index is 2.81. The summed E-state index contributed by atoms with van der Waals surface area (Å²) in [5.74, 6) is 0.0297. The molecule has 116 valence electrons. The van der Waals surface area contributed by atoms with E-state index < -0.39 is 4.92 Å². The number of hydrogen-bond acceptors (Lipinski definition) is 4. The Morgan fingerprint density at radius 3 is 2.52 bits per heavy atom. The van der Waals surface area contributed by atoms with E-state index in [1.54, 1.807) is 0 Å². The Hall–Kier alpha value is -1.66. The Bertz CT molecular complexity index is 524. The minimum absolute atomic E-state index is 0.0184. The molecule has 0 bridgehead atoms. The van der Waals surface area contributed by atoms with Crippen molar-refractivity contribution in [1.29, 1.82) is 0 Å². The molecule has 0 saturated carbocycles. The van der Waals surface area contributed by atoms with Crippen molar-refractivity contribution in [2.75, 3.05) is 20.6 Å². The molecule has 0 aliphatic heterocycles. The van der Waals surface area contributed by atoms with Crippen LogP contribution in [-0.2, 0) is 0 Å². The van der Waals surface area contributed by atoms with Crippen molar-refractivity contribution in [3.05, 3.63) is 38.9 Å². The number of halogens is 1. The zero-order valence-corrected chi connectivity index (χ0v) is 13.3. The largest absolute Gasteiger partial charge is 0.350 e. The molecule has 0 aliphatic rings. The predicted molar refractivity (Wildman–Crippen MR) is 82.8 cm³/mol. The highest BCUT2D eigenvalue weighted by atomic mass is 35.5. The molecule has 21 heavy (non-hydrogen) atoms. The fourth-order valence-electron chi connectivity index (χ4n) is 2.11. The molecular formula is C14H20ClN3O3. The zero-order chi connectivity index (χ0) is 16.2. The summed E-state index contributed by atoms with van der Waals surface area (Å²) in [6.45, 7) is 4.62. The van der Waals surface area contributed by atoms with Gasteiger partial charge in [0.1, 0.15) is 5.02 Å². The van der Waals surface area contributed by atoms with Gasteiger partial charge in [0, 0.05) is 24.2 Å². The lowest BCUT2D eigenvalue weighted by Gasteiger charge is -2.28. The number of likely N-dealkylation sites (N-methyl/N-ethyl adjacent to an activating group) is 1. The number of benzene rings is 1. The van der Waals surface area contributed by atoms with E-state index in [9.17, 15) is 14.9 Å². The second-order valence-corrected chi connectivity index (χ2v) is 5.82. The molecule has 0 radical (unpaired) electrons. The van der Waals surface area contributed by atoms with Gasteiger partial charge in [-0.2, -0.15) is 0 Å². The van der Waals surface area contributed by atoms with Crippen molar-refractivity contribution in [1.82, 2.24) is 10.2 Å². The molecule has 0 spiro atoms. The SMILES string of the molecule is CC(C)C(CNC(=O)c1ccc(Cl)c([N+](=O)[O-])c1)N(C)C. The number of rotatable bonds is 6. The summed E-state index contributed by atoms with van der Waals surface area (Å²) in [5, 5.41) is 13.6. The van der Waals surface area contributed by atoms with Crippen LogP contribution in [0.4, 0.5) is 5.69 Å². The second-order valence-electron chi connectivity index (χ2n) is 5.41. The van der Waals surface area contributed by atoms with Crippen LogP contribution in [-0.4, -0.2) is 42.4 Å². The van der Waals surface area contributed by atoms with Crippen LogP contribution in [0.1, 0.15) is 24.2 Å². The van der Waals surface area contributed by atoms with E-state index in [1.165, 1.54) is 18.2 Å². The van der Waals surface area contributed by atoms with Crippen LogP contribution < -0.4 is 5.32 Å². The predicted octanol–water partition coefficient (Wildman–Crippen LogP) is 2.56. The molecular weight excluding hydrogens is 294 g/mol. The number of hydrogen-bond donors (Lipinski definition) is 1. The van der Waals surface area contributed by atoms with Gasteiger partial charge in [0.05, 0.1) is 4.92 Å². The highest BCUT2D eigenvalue weighted by Gasteiger charge is 2.19. The Kier molecular flexibility index (Phi) is 6.11. The third-order valence-corrected chi connectivity index (χ3v) is 3.63. The summed E-state index contributed by atoms with van der Waals surface area (Å²) in [6, 6.07) is 4.22. The number of carbonyl (C=O) groups excluding carboxylic acids is 1. The van der Waals surface area contributed by atoms with Crippen LogP contribution in [0.2, 0.25) is 5.02 Å². The van der Waals surface area contributed by atoms with Crippen molar-refractivity contribution < 1.29 is 9.72 Å². The Morgan fingerprint density at radius 1 is 1.43 bits per heavy atom. The summed E-state index contributed by atoms with van der Waals surface area (Å²) in [5.41, 5.74) is -0.0373. The van der Waals surface area contributed by atoms with E-state index in [4.69, 9.17) is 11.6 Å². The first-order chi connectivity index (χ1) is 9.73. The van der Waals surface area contributed by atoms with Crippen LogP contribution in [0.25, 0.3) is 0 Å². The third kappa shape index (κ3) is 4.68. The minimum atomic E-state index is -0.601. The van der Waals surface area contributed by atoms with Gasteiger partial charge in [-0.1, -0.05) is 25.4 Å². The van der Waals surface area contributed by atoms with E-state index >= 15 is 0 Å². The molecule has 1 atom stereocenters. The number of nitrogens with zero attached hydrogens (tertiary/aromatic N) is 2. The maximum atomic E-state index is 12.1. The van der Waals surface area contributed by atoms with Gasteiger partial charge in [-0.05, 0) is 32.1 Å². The van der Waals surface area contributed by atoms with Gasteiger partial charge in [-0.3, -0.25) is 14.9 Å². The summed E-state index contributed by atoms with van der Waals surface area (Å²) < 4.78 is 0. The van der Waals surface area contributed by atoms with Crippen LogP contribution >= 0.6 is 11.6 Å². The first-order valence-electron chi connectivity index (χ1n) is 6.62. The highest BCUT2D eigenvalue weighted by molar-refractivity contribution is 6.32. The average Bonchev–Trinajstić information content (AvgIpc) is 2.37. The molecule has 1 amide bonds. The van der Waals surface area contributed by atoms with E-state index in [0.29, 0.717) is 12.5 Å². The zero-order valence-electron chi connectivity index (χ0n) is 12.6. The average molecular weight is 314 g/mol. The molecule has 0 aromatic heterocycles.